The van der Waals surface area contributed by atoms with Gasteiger partial charge in [-0.05, 0) is 42.8 Å². The maximum Gasteiger partial charge on any atom is 0.123 e. The molecule has 5 heteroatoms. The number of nitrogens with one attached hydrogen (secondary N) is 1. The van der Waals surface area contributed by atoms with Crippen LogP contribution in [0, 0.1) is 12.7 Å². The molecule has 1 aromatic heterocycles. The van der Waals surface area contributed by atoms with Gasteiger partial charge >= 0.3 is 0 Å². The summed E-state index contributed by atoms with van der Waals surface area (Å²) < 4.78 is 18.7. The van der Waals surface area contributed by atoms with Crippen LogP contribution in [0.15, 0.2) is 53.9 Å². The lowest BCUT2D eigenvalue weighted by molar-refractivity contribution is 0.311. The van der Waals surface area contributed by atoms with E-state index in [1.165, 1.54) is 12.1 Å². The molecule has 1 heterocycles. The second-order valence-corrected chi connectivity index (χ2v) is 6.30. The van der Waals surface area contributed by atoms with E-state index in [1.807, 2.05) is 36.6 Å². The fraction of sp³-hybridized carbons (Fsp3) is 0.211. The minimum absolute atomic E-state index is 0.231. The number of para-hydroxylation sites is 1. The summed E-state index contributed by atoms with van der Waals surface area (Å²) in [6.45, 7) is 4.08. The molecule has 0 fully saturated rings. The molecule has 24 heavy (non-hydrogen) atoms. The summed E-state index contributed by atoms with van der Waals surface area (Å²) in [5, 5.41) is 6.25. The smallest absolute Gasteiger partial charge is 0.123 e. The summed E-state index contributed by atoms with van der Waals surface area (Å²) in [6.07, 6.45) is 0. The van der Waals surface area contributed by atoms with Gasteiger partial charge < -0.3 is 10.1 Å². The fourth-order valence-electron chi connectivity index (χ4n) is 2.28. The van der Waals surface area contributed by atoms with Gasteiger partial charge in [-0.1, -0.05) is 18.2 Å². The maximum atomic E-state index is 13.0. The number of ether oxygens (including phenoxy) is 1. The van der Waals surface area contributed by atoms with E-state index in [9.17, 15) is 4.39 Å². The molecule has 0 atom stereocenters. The Morgan fingerprint density at radius 2 is 1.92 bits per heavy atom. The van der Waals surface area contributed by atoms with Crippen molar-refractivity contribution in [2.24, 2.45) is 0 Å². The minimum atomic E-state index is -0.231. The molecule has 3 aromatic rings. The molecule has 0 radical (unpaired) electrons. The second kappa shape index (κ2) is 8.04. The molecule has 1 N–H and O–H groups in total. The Morgan fingerprint density at radius 1 is 1.12 bits per heavy atom. The van der Waals surface area contributed by atoms with Crippen LogP contribution in [-0.2, 0) is 6.54 Å². The van der Waals surface area contributed by atoms with Crippen molar-refractivity contribution in [1.82, 2.24) is 10.3 Å². The van der Waals surface area contributed by atoms with E-state index in [0.29, 0.717) is 13.2 Å². The Bertz CT molecular complexity index is 786. The third kappa shape index (κ3) is 4.40. The first-order valence-corrected chi connectivity index (χ1v) is 8.70. The molecule has 0 unspecified atom stereocenters. The third-order valence-corrected chi connectivity index (χ3v) is 4.52. The molecular formula is C19H19FN2OS. The van der Waals surface area contributed by atoms with Gasteiger partial charge in [-0.3, -0.25) is 0 Å². The average molecular weight is 342 g/mol. The zero-order valence-corrected chi connectivity index (χ0v) is 14.3. The first-order chi connectivity index (χ1) is 11.7. The maximum absolute atomic E-state index is 13.0. The second-order valence-electron chi connectivity index (χ2n) is 5.44. The molecule has 0 aliphatic heterocycles. The zero-order chi connectivity index (χ0) is 16.8. The number of halogens is 1. The van der Waals surface area contributed by atoms with Crippen LogP contribution in [0.5, 0.6) is 5.75 Å². The van der Waals surface area contributed by atoms with Gasteiger partial charge in [0.05, 0.1) is 5.69 Å². The van der Waals surface area contributed by atoms with Gasteiger partial charge in [-0.25, -0.2) is 9.37 Å². The number of benzene rings is 2. The third-order valence-electron chi connectivity index (χ3n) is 3.58. The predicted molar refractivity (Wildman–Crippen MR) is 95.9 cm³/mol. The number of thiazole rings is 1. The predicted octanol–water partition coefficient (Wildman–Crippen LogP) is 4.43. The van der Waals surface area contributed by atoms with E-state index < -0.39 is 0 Å². The quantitative estimate of drug-likeness (QED) is 0.645. The van der Waals surface area contributed by atoms with Crippen LogP contribution in [-0.4, -0.2) is 18.1 Å². The largest absolute Gasteiger partial charge is 0.492 e. The van der Waals surface area contributed by atoms with Gasteiger partial charge in [0, 0.05) is 24.0 Å². The molecule has 0 spiro atoms. The van der Waals surface area contributed by atoms with E-state index in [1.54, 1.807) is 23.5 Å². The molecule has 0 aliphatic rings. The number of nitrogens with zero attached hydrogens (tertiary/aromatic N) is 1. The van der Waals surface area contributed by atoms with Crippen molar-refractivity contribution in [3.63, 3.8) is 0 Å². The molecule has 0 amide bonds. The van der Waals surface area contributed by atoms with Crippen molar-refractivity contribution >= 4 is 11.3 Å². The number of hydrogen-bond acceptors (Lipinski definition) is 4. The highest BCUT2D eigenvalue weighted by atomic mass is 32.1. The molecule has 0 aliphatic carbocycles. The van der Waals surface area contributed by atoms with Crippen LogP contribution in [0.1, 0.15) is 11.3 Å². The first-order valence-electron chi connectivity index (χ1n) is 7.82. The van der Waals surface area contributed by atoms with Crippen LogP contribution in [0.2, 0.25) is 0 Å². The number of hydrogen-bond donors (Lipinski definition) is 1. The van der Waals surface area contributed by atoms with E-state index in [2.05, 4.69) is 10.3 Å². The van der Waals surface area contributed by atoms with E-state index in [0.717, 1.165) is 34.1 Å². The van der Waals surface area contributed by atoms with Gasteiger partial charge in [0.25, 0.3) is 0 Å². The standard InChI is InChI=1S/C19H19FN2OS/c1-14-4-2-3-5-18(14)23-11-10-21-12-17-13-24-19(22-17)15-6-8-16(20)9-7-15/h2-9,13,21H,10-12H2,1H3. The summed E-state index contributed by atoms with van der Waals surface area (Å²) in [5.41, 5.74) is 3.06. The van der Waals surface area contributed by atoms with Crippen LogP contribution in [0.3, 0.4) is 0 Å². The number of rotatable bonds is 7. The van der Waals surface area contributed by atoms with Gasteiger partial charge in [-0.2, -0.15) is 0 Å². The zero-order valence-electron chi connectivity index (χ0n) is 13.5. The minimum Gasteiger partial charge on any atom is -0.492 e. The summed E-state index contributed by atoms with van der Waals surface area (Å²) in [4.78, 5) is 4.57. The van der Waals surface area contributed by atoms with Crippen molar-refractivity contribution in [2.45, 2.75) is 13.5 Å². The monoisotopic (exact) mass is 342 g/mol. The van der Waals surface area contributed by atoms with Crippen molar-refractivity contribution in [3.8, 4) is 16.3 Å². The molecule has 124 valence electrons. The fourth-order valence-corrected chi connectivity index (χ4v) is 3.11. The van der Waals surface area contributed by atoms with Crippen LogP contribution >= 0.6 is 11.3 Å². The lowest BCUT2D eigenvalue weighted by Crippen LogP contribution is -2.20. The Balaban J connectivity index is 1.44. The van der Waals surface area contributed by atoms with Crippen molar-refractivity contribution in [2.75, 3.05) is 13.2 Å². The normalized spacial score (nSPS) is 10.8. The molecule has 0 bridgehead atoms. The Labute approximate surface area is 145 Å². The summed E-state index contributed by atoms with van der Waals surface area (Å²) in [7, 11) is 0. The molecule has 3 nitrogen and oxygen atoms in total. The molecule has 0 saturated heterocycles. The highest BCUT2D eigenvalue weighted by molar-refractivity contribution is 7.13. The summed E-state index contributed by atoms with van der Waals surface area (Å²) >= 11 is 1.57. The topological polar surface area (TPSA) is 34.1 Å². The van der Waals surface area contributed by atoms with Gasteiger partial charge in [0.1, 0.15) is 23.2 Å². The SMILES string of the molecule is Cc1ccccc1OCCNCc1csc(-c2ccc(F)cc2)n1. The summed E-state index contributed by atoms with van der Waals surface area (Å²) in [6, 6.07) is 14.4. The highest BCUT2D eigenvalue weighted by Gasteiger charge is 2.05. The highest BCUT2D eigenvalue weighted by Crippen LogP contribution is 2.23. The van der Waals surface area contributed by atoms with Crippen LogP contribution in [0.4, 0.5) is 4.39 Å². The molecule has 2 aromatic carbocycles. The Kier molecular flexibility index (Phi) is 5.56. The van der Waals surface area contributed by atoms with Gasteiger partial charge in [0.2, 0.25) is 0 Å². The van der Waals surface area contributed by atoms with Gasteiger partial charge in [-0.15, -0.1) is 11.3 Å². The van der Waals surface area contributed by atoms with Crippen LogP contribution in [0.25, 0.3) is 10.6 Å². The number of aromatic nitrogens is 1. The molecular weight excluding hydrogens is 323 g/mol. The number of aryl methyl sites for hydroxylation is 1. The van der Waals surface area contributed by atoms with Crippen molar-refractivity contribution in [1.29, 1.82) is 0 Å². The van der Waals surface area contributed by atoms with E-state index >= 15 is 0 Å². The Morgan fingerprint density at radius 3 is 2.71 bits per heavy atom. The van der Waals surface area contributed by atoms with Crippen molar-refractivity contribution < 1.29 is 9.13 Å². The van der Waals surface area contributed by atoms with Gasteiger partial charge in [0.15, 0.2) is 0 Å². The first kappa shape index (κ1) is 16.6. The Hall–Kier alpha value is -2.24. The lowest BCUT2D eigenvalue weighted by atomic mass is 10.2. The summed E-state index contributed by atoms with van der Waals surface area (Å²) in [5.74, 6) is 0.692. The molecule has 0 saturated carbocycles. The van der Waals surface area contributed by atoms with E-state index in [4.69, 9.17) is 4.74 Å². The van der Waals surface area contributed by atoms with E-state index in [-0.39, 0.29) is 5.82 Å². The van der Waals surface area contributed by atoms with Crippen molar-refractivity contribution in [3.05, 3.63) is 71.0 Å². The average Bonchev–Trinajstić information content (AvgIpc) is 3.06. The van der Waals surface area contributed by atoms with Crippen LogP contribution < -0.4 is 10.1 Å². The molecule has 3 rings (SSSR count). The lowest BCUT2D eigenvalue weighted by Gasteiger charge is -2.09.